The molecule has 1 aliphatic carbocycles. The number of carbonyl (C=O) groups is 2. The van der Waals surface area contributed by atoms with E-state index in [0.29, 0.717) is 36.3 Å². The third-order valence-electron chi connectivity index (χ3n) is 6.98. The number of fused-ring (bicyclic) bond motifs is 1. The number of benzene rings is 1. The van der Waals surface area contributed by atoms with Crippen LogP contribution in [0.3, 0.4) is 0 Å². The molecule has 3 heterocycles. The third kappa shape index (κ3) is 4.54. The van der Waals surface area contributed by atoms with Gasteiger partial charge < -0.3 is 14.5 Å². The van der Waals surface area contributed by atoms with E-state index < -0.39 is 5.60 Å². The van der Waals surface area contributed by atoms with Crippen molar-refractivity contribution in [3.05, 3.63) is 51.3 Å². The maximum atomic E-state index is 13.5. The molecule has 1 saturated carbocycles. The number of ether oxygens (including phenoxy) is 1. The molecular weight excluding hydrogens is 452 g/mol. The van der Waals surface area contributed by atoms with E-state index in [1.807, 2.05) is 55.8 Å². The summed E-state index contributed by atoms with van der Waals surface area (Å²) in [6.45, 7) is 7.44. The topological polar surface area (TPSA) is 67.7 Å². The number of hydrogen-bond donors (Lipinski definition) is 0. The first-order valence-corrected chi connectivity index (χ1v) is 12.6. The second kappa shape index (κ2) is 8.59. The molecule has 0 bridgehead atoms. The van der Waals surface area contributed by atoms with E-state index in [-0.39, 0.29) is 18.0 Å². The number of nitrogens with zero attached hydrogens (tertiary/aromatic N) is 4. The summed E-state index contributed by atoms with van der Waals surface area (Å²) < 4.78 is 7.40. The number of aryl methyl sites for hydroxylation is 1. The van der Waals surface area contributed by atoms with Crippen LogP contribution in [0.1, 0.15) is 91.3 Å². The highest BCUT2D eigenvalue weighted by Crippen LogP contribution is 2.41. The summed E-state index contributed by atoms with van der Waals surface area (Å²) >= 11 is 6.52. The van der Waals surface area contributed by atoms with Gasteiger partial charge in [-0.25, -0.2) is 4.79 Å². The molecule has 2 fully saturated rings. The van der Waals surface area contributed by atoms with Crippen molar-refractivity contribution in [3.8, 4) is 0 Å². The fourth-order valence-electron chi connectivity index (χ4n) is 5.19. The minimum absolute atomic E-state index is 0.00358. The van der Waals surface area contributed by atoms with Gasteiger partial charge in [0.15, 0.2) is 0 Å². The van der Waals surface area contributed by atoms with Crippen molar-refractivity contribution in [3.63, 3.8) is 0 Å². The molecule has 2 aromatic rings. The molecule has 0 unspecified atom stereocenters. The van der Waals surface area contributed by atoms with Gasteiger partial charge in [0.1, 0.15) is 11.3 Å². The molecule has 0 spiro atoms. The highest BCUT2D eigenvalue weighted by molar-refractivity contribution is 6.30. The van der Waals surface area contributed by atoms with Crippen LogP contribution < -0.4 is 0 Å². The molecule has 34 heavy (non-hydrogen) atoms. The van der Waals surface area contributed by atoms with Gasteiger partial charge >= 0.3 is 6.09 Å². The summed E-state index contributed by atoms with van der Waals surface area (Å²) in [7, 11) is 1.85. The number of hydrogen-bond acceptors (Lipinski definition) is 4. The quantitative estimate of drug-likeness (QED) is 0.598. The zero-order valence-electron chi connectivity index (χ0n) is 20.4. The summed E-state index contributed by atoms with van der Waals surface area (Å²) in [5.41, 5.74) is 4.41. The Kier molecular flexibility index (Phi) is 5.87. The van der Waals surface area contributed by atoms with Gasteiger partial charge in [0.2, 0.25) is 0 Å². The Morgan fingerprint density at radius 3 is 2.59 bits per heavy atom. The minimum Gasteiger partial charge on any atom is -0.444 e. The molecule has 8 heteroatoms. The zero-order chi connectivity index (χ0) is 24.2. The summed E-state index contributed by atoms with van der Waals surface area (Å²) in [4.78, 5) is 30.1. The van der Waals surface area contributed by atoms with Crippen molar-refractivity contribution >= 4 is 23.6 Å². The van der Waals surface area contributed by atoms with E-state index in [0.717, 1.165) is 54.5 Å². The Bertz CT molecular complexity index is 1130. The summed E-state index contributed by atoms with van der Waals surface area (Å²) in [6.07, 6.45) is 4.51. The number of aromatic nitrogens is 2. The van der Waals surface area contributed by atoms with E-state index in [4.69, 9.17) is 16.3 Å². The second-order valence-corrected chi connectivity index (χ2v) is 11.2. The van der Waals surface area contributed by atoms with Crippen LogP contribution in [0.2, 0.25) is 5.02 Å². The van der Waals surface area contributed by atoms with Crippen molar-refractivity contribution in [2.24, 2.45) is 7.05 Å². The zero-order valence-corrected chi connectivity index (χ0v) is 21.2. The van der Waals surface area contributed by atoms with Crippen LogP contribution in [0.15, 0.2) is 18.2 Å². The third-order valence-corrected chi connectivity index (χ3v) is 7.20. The van der Waals surface area contributed by atoms with Gasteiger partial charge in [0.25, 0.3) is 5.91 Å². The molecule has 3 aliphatic rings. The maximum Gasteiger partial charge on any atom is 0.410 e. The van der Waals surface area contributed by atoms with E-state index in [2.05, 4.69) is 5.10 Å². The van der Waals surface area contributed by atoms with Gasteiger partial charge in [-0.15, -0.1) is 0 Å². The second-order valence-electron chi connectivity index (χ2n) is 10.8. The molecule has 1 saturated heterocycles. The predicted octanol–water partition coefficient (Wildman–Crippen LogP) is 5.22. The molecule has 0 N–H and O–H groups in total. The Morgan fingerprint density at radius 1 is 1.12 bits per heavy atom. The van der Waals surface area contributed by atoms with Gasteiger partial charge in [-0.05, 0) is 87.8 Å². The molecule has 2 aliphatic heterocycles. The Hall–Kier alpha value is -2.54. The van der Waals surface area contributed by atoms with Crippen LogP contribution in [0, 0.1) is 0 Å². The average molecular weight is 485 g/mol. The lowest BCUT2D eigenvalue weighted by Gasteiger charge is -2.34. The molecule has 1 atom stereocenters. The Labute approximate surface area is 206 Å². The fraction of sp³-hybridized carbons (Fsp3) is 0.577. The van der Waals surface area contributed by atoms with Crippen molar-refractivity contribution in [2.75, 3.05) is 13.1 Å². The number of rotatable bonds is 3. The highest BCUT2D eigenvalue weighted by atomic mass is 35.5. The highest BCUT2D eigenvalue weighted by Gasteiger charge is 2.37. The Balaban J connectivity index is 1.42. The molecule has 5 rings (SSSR count). The lowest BCUT2D eigenvalue weighted by atomic mass is 9.90. The Morgan fingerprint density at radius 2 is 1.88 bits per heavy atom. The smallest absolute Gasteiger partial charge is 0.410 e. The van der Waals surface area contributed by atoms with E-state index in [9.17, 15) is 9.59 Å². The van der Waals surface area contributed by atoms with Crippen LogP contribution in [0.25, 0.3) is 0 Å². The molecule has 7 nitrogen and oxygen atoms in total. The van der Waals surface area contributed by atoms with Crippen molar-refractivity contribution in [2.45, 2.75) is 77.0 Å². The molecule has 0 radical (unpaired) electrons. The number of likely N-dealkylation sites (tertiary alicyclic amines) is 1. The summed E-state index contributed by atoms with van der Waals surface area (Å²) in [6, 6.07) is 5.83. The van der Waals surface area contributed by atoms with Gasteiger partial charge in [-0.1, -0.05) is 11.6 Å². The first-order chi connectivity index (χ1) is 16.1. The van der Waals surface area contributed by atoms with Crippen molar-refractivity contribution in [1.29, 1.82) is 0 Å². The van der Waals surface area contributed by atoms with Crippen LogP contribution in [-0.2, 0) is 24.8 Å². The van der Waals surface area contributed by atoms with E-state index in [1.54, 1.807) is 4.68 Å². The molecule has 1 aromatic carbocycles. The van der Waals surface area contributed by atoms with Crippen LogP contribution in [-0.4, -0.2) is 50.3 Å². The summed E-state index contributed by atoms with van der Waals surface area (Å²) in [5.74, 6) is 0.508. The lowest BCUT2D eigenvalue weighted by molar-refractivity contribution is 0.0222. The standard InChI is InChI=1S/C26H33ClN4O3/c1-26(2,3)34-25(33)31-10-5-6-22(31)19-13-18(27)12-17-9-11-30(15-20(17)19)24(32)23-14-21(16-7-8-16)28-29(23)4/h12-14,16,22H,5-11,15H2,1-4H3/t22-/m0/s1. The molecule has 2 amide bonds. The fourth-order valence-corrected chi connectivity index (χ4v) is 5.44. The number of amides is 2. The SMILES string of the molecule is Cn1nc(C2CC2)cc1C(=O)N1CCc2cc(Cl)cc([C@@H]3CCCN3C(=O)OC(C)(C)C)c2C1. The monoisotopic (exact) mass is 484 g/mol. The van der Waals surface area contributed by atoms with Crippen molar-refractivity contribution in [1.82, 2.24) is 19.6 Å². The normalized spacial score (nSPS) is 20.4. The average Bonchev–Trinajstić information content (AvgIpc) is 3.36. The molecular formula is C26H33ClN4O3. The number of carbonyl (C=O) groups excluding carboxylic acids is 2. The van der Waals surface area contributed by atoms with E-state index in [1.165, 1.54) is 0 Å². The maximum absolute atomic E-state index is 13.5. The first kappa shape index (κ1) is 23.2. The minimum atomic E-state index is -0.552. The first-order valence-electron chi connectivity index (χ1n) is 12.2. The van der Waals surface area contributed by atoms with Crippen LogP contribution in [0.5, 0.6) is 0 Å². The van der Waals surface area contributed by atoms with Crippen LogP contribution in [0.4, 0.5) is 4.79 Å². The van der Waals surface area contributed by atoms with Gasteiger partial charge in [-0.3, -0.25) is 9.48 Å². The largest absolute Gasteiger partial charge is 0.444 e. The van der Waals surface area contributed by atoms with Gasteiger partial charge in [0.05, 0.1) is 11.7 Å². The van der Waals surface area contributed by atoms with Crippen molar-refractivity contribution < 1.29 is 14.3 Å². The summed E-state index contributed by atoms with van der Waals surface area (Å²) in [5, 5.41) is 5.25. The molecule has 1 aromatic heterocycles. The molecule has 182 valence electrons. The van der Waals surface area contributed by atoms with Crippen LogP contribution >= 0.6 is 11.6 Å². The predicted molar refractivity (Wildman–Crippen MR) is 130 cm³/mol. The lowest BCUT2D eigenvalue weighted by Crippen LogP contribution is -2.39. The van der Waals surface area contributed by atoms with Gasteiger partial charge in [0, 0.05) is 37.6 Å². The van der Waals surface area contributed by atoms with E-state index >= 15 is 0 Å². The number of halogens is 1. The van der Waals surface area contributed by atoms with Gasteiger partial charge in [-0.2, -0.15) is 5.10 Å².